The summed E-state index contributed by atoms with van der Waals surface area (Å²) in [7, 11) is 3.12. The fraction of sp³-hybridized carbons (Fsp3) is 0.333. The van der Waals surface area contributed by atoms with E-state index >= 15 is 0 Å². The molecule has 0 spiro atoms. The van der Waals surface area contributed by atoms with Crippen LogP contribution in [-0.4, -0.2) is 31.2 Å². The van der Waals surface area contributed by atoms with E-state index in [1.165, 1.54) is 0 Å². The Kier molecular flexibility index (Phi) is 6.82. The molecular weight excluding hydrogens is 346 g/mol. The van der Waals surface area contributed by atoms with E-state index in [9.17, 15) is 14.7 Å². The lowest BCUT2D eigenvalue weighted by atomic mass is 9.97. The van der Waals surface area contributed by atoms with Gasteiger partial charge >= 0.3 is 5.97 Å². The molecule has 1 amide bonds. The number of amides is 1. The highest BCUT2D eigenvalue weighted by Crippen LogP contribution is 2.24. The van der Waals surface area contributed by atoms with E-state index in [1.807, 2.05) is 32.0 Å². The quantitative estimate of drug-likeness (QED) is 0.744. The number of aryl methyl sites for hydroxylation is 2. The maximum Gasteiger partial charge on any atom is 0.330 e. The summed E-state index contributed by atoms with van der Waals surface area (Å²) in [6.45, 7) is 3.77. The van der Waals surface area contributed by atoms with E-state index in [2.05, 4.69) is 5.32 Å². The lowest BCUT2D eigenvalue weighted by Crippen LogP contribution is -2.34. The van der Waals surface area contributed by atoms with Crippen LogP contribution in [0.3, 0.4) is 0 Å². The maximum absolute atomic E-state index is 12.4. The minimum absolute atomic E-state index is 0.158. The van der Waals surface area contributed by atoms with Crippen LogP contribution in [0.5, 0.6) is 11.5 Å². The molecule has 1 atom stereocenters. The zero-order chi connectivity index (χ0) is 20.0. The summed E-state index contributed by atoms with van der Waals surface area (Å²) >= 11 is 0. The van der Waals surface area contributed by atoms with Gasteiger partial charge in [0.15, 0.2) is 6.04 Å². The van der Waals surface area contributed by atoms with Crippen molar-refractivity contribution in [1.29, 1.82) is 0 Å². The van der Waals surface area contributed by atoms with Crippen molar-refractivity contribution in [2.24, 2.45) is 0 Å². The molecule has 144 valence electrons. The number of ether oxygens (including phenoxy) is 2. The Bertz CT molecular complexity index is 809. The first-order valence-corrected chi connectivity index (χ1v) is 8.66. The Morgan fingerprint density at radius 1 is 1.07 bits per heavy atom. The van der Waals surface area contributed by atoms with Crippen molar-refractivity contribution in [2.45, 2.75) is 32.7 Å². The number of methoxy groups -OCH3 is 2. The first-order valence-electron chi connectivity index (χ1n) is 8.66. The molecule has 2 rings (SSSR count). The molecule has 6 nitrogen and oxygen atoms in total. The molecule has 0 aliphatic heterocycles. The van der Waals surface area contributed by atoms with Crippen LogP contribution in [0.15, 0.2) is 36.4 Å². The van der Waals surface area contributed by atoms with Crippen LogP contribution in [0.25, 0.3) is 0 Å². The molecule has 0 saturated heterocycles. The van der Waals surface area contributed by atoms with Gasteiger partial charge in [-0.15, -0.1) is 0 Å². The van der Waals surface area contributed by atoms with Crippen LogP contribution in [0, 0.1) is 13.8 Å². The number of hydrogen-bond donors (Lipinski definition) is 2. The van der Waals surface area contributed by atoms with Crippen molar-refractivity contribution < 1.29 is 24.2 Å². The minimum atomic E-state index is -1.08. The van der Waals surface area contributed by atoms with E-state index in [0.717, 1.165) is 16.7 Å². The molecule has 0 heterocycles. The number of carboxylic acid groups (broad SMARTS) is 1. The van der Waals surface area contributed by atoms with Gasteiger partial charge < -0.3 is 19.9 Å². The van der Waals surface area contributed by atoms with E-state index in [-0.39, 0.29) is 12.3 Å². The van der Waals surface area contributed by atoms with Gasteiger partial charge in [0.2, 0.25) is 5.91 Å². The first kappa shape index (κ1) is 20.3. The largest absolute Gasteiger partial charge is 0.497 e. The standard InChI is InChI=1S/C21H25NO5/c1-13-6-5-7-18(14(13)2)20(21(24)25)22-19(23)9-8-15-10-16(26-3)12-17(11-15)27-4/h5-7,10-12,20H,8-9H2,1-4H3,(H,22,23)(H,24,25). The molecule has 0 aliphatic carbocycles. The van der Waals surface area contributed by atoms with Crippen LogP contribution in [0.1, 0.15) is 34.7 Å². The van der Waals surface area contributed by atoms with Crippen molar-refractivity contribution in [3.05, 3.63) is 58.7 Å². The van der Waals surface area contributed by atoms with Crippen LogP contribution in [-0.2, 0) is 16.0 Å². The molecule has 0 fully saturated rings. The predicted molar refractivity (Wildman–Crippen MR) is 102 cm³/mol. The lowest BCUT2D eigenvalue weighted by molar-refractivity contribution is -0.142. The Morgan fingerprint density at radius 2 is 1.70 bits per heavy atom. The molecule has 2 N–H and O–H groups in total. The summed E-state index contributed by atoms with van der Waals surface area (Å²) < 4.78 is 10.4. The zero-order valence-corrected chi connectivity index (χ0v) is 16.0. The second-order valence-electron chi connectivity index (χ2n) is 6.35. The Hall–Kier alpha value is -3.02. The smallest absolute Gasteiger partial charge is 0.330 e. The van der Waals surface area contributed by atoms with Gasteiger partial charge in [-0.1, -0.05) is 18.2 Å². The third-order valence-electron chi connectivity index (χ3n) is 4.56. The zero-order valence-electron chi connectivity index (χ0n) is 16.0. The molecule has 0 aromatic heterocycles. The Morgan fingerprint density at radius 3 is 2.26 bits per heavy atom. The number of rotatable bonds is 8. The molecule has 27 heavy (non-hydrogen) atoms. The van der Waals surface area contributed by atoms with Crippen molar-refractivity contribution in [2.75, 3.05) is 14.2 Å². The molecule has 0 aliphatic rings. The maximum atomic E-state index is 12.4. The van der Waals surface area contributed by atoms with E-state index in [1.54, 1.807) is 32.4 Å². The van der Waals surface area contributed by atoms with E-state index in [4.69, 9.17) is 9.47 Å². The van der Waals surface area contributed by atoms with Crippen molar-refractivity contribution in [1.82, 2.24) is 5.32 Å². The summed E-state index contributed by atoms with van der Waals surface area (Å²) in [5.41, 5.74) is 3.32. The SMILES string of the molecule is COc1cc(CCC(=O)NC(C(=O)O)c2cccc(C)c2C)cc(OC)c1. The second-order valence-corrected chi connectivity index (χ2v) is 6.35. The molecule has 1 unspecified atom stereocenters. The average molecular weight is 371 g/mol. The first-order chi connectivity index (χ1) is 12.8. The molecule has 0 bridgehead atoms. The fourth-order valence-corrected chi connectivity index (χ4v) is 2.86. The molecule has 0 saturated carbocycles. The highest BCUT2D eigenvalue weighted by molar-refractivity contribution is 5.85. The number of carbonyl (C=O) groups is 2. The number of aliphatic carboxylic acids is 1. The molecule has 0 radical (unpaired) electrons. The van der Waals surface area contributed by atoms with Crippen LogP contribution in [0.2, 0.25) is 0 Å². The Balaban J connectivity index is 2.09. The molecule has 2 aromatic rings. The second kappa shape index (κ2) is 9.07. The third-order valence-corrected chi connectivity index (χ3v) is 4.56. The van der Waals surface area contributed by atoms with Crippen molar-refractivity contribution in [3.63, 3.8) is 0 Å². The summed E-state index contributed by atoms with van der Waals surface area (Å²) in [5.74, 6) is -0.127. The van der Waals surface area contributed by atoms with Gasteiger partial charge in [0, 0.05) is 12.5 Å². The number of hydrogen-bond acceptors (Lipinski definition) is 4. The molecule has 2 aromatic carbocycles. The minimum Gasteiger partial charge on any atom is -0.497 e. The third kappa shape index (κ3) is 5.23. The topological polar surface area (TPSA) is 84.9 Å². The van der Waals surface area contributed by atoms with Gasteiger partial charge in [-0.25, -0.2) is 4.79 Å². The summed E-state index contributed by atoms with van der Waals surface area (Å²) in [4.78, 5) is 24.1. The van der Waals surface area contributed by atoms with Gasteiger partial charge in [-0.3, -0.25) is 4.79 Å². The van der Waals surface area contributed by atoms with Gasteiger partial charge in [0.25, 0.3) is 0 Å². The summed E-state index contributed by atoms with van der Waals surface area (Å²) in [6, 6.07) is 9.78. The predicted octanol–water partition coefficient (Wildman–Crippen LogP) is 3.20. The van der Waals surface area contributed by atoms with Gasteiger partial charge in [0.1, 0.15) is 11.5 Å². The number of carbonyl (C=O) groups excluding carboxylic acids is 1. The van der Waals surface area contributed by atoms with Crippen LogP contribution in [0.4, 0.5) is 0 Å². The van der Waals surface area contributed by atoms with Gasteiger partial charge in [0.05, 0.1) is 14.2 Å². The van der Waals surface area contributed by atoms with Crippen molar-refractivity contribution in [3.8, 4) is 11.5 Å². The highest BCUT2D eigenvalue weighted by Gasteiger charge is 2.24. The molecular formula is C21H25NO5. The number of benzene rings is 2. The summed E-state index contributed by atoms with van der Waals surface area (Å²) in [6.07, 6.45) is 0.601. The normalized spacial score (nSPS) is 11.6. The van der Waals surface area contributed by atoms with Gasteiger partial charge in [-0.2, -0.15) is 0 Å². The fourth-order valence-electron chi connectivity index (χ4n) is 2.86. The average Bonchev–Trinajstić information content (AvgIpc) is 2.66. The van der Waals surface area contributed by atoms with Crippen LogP contribution < -0.4 is 14.8 Å². The van der Waals surface area contributed by atoms with Crippen molar-refractivity contribution >= 4 is 11.9 Å². The highest BCUT2D eigenvalue weighted by atomic mass is 16.5. The van der Waals surface area contributed by atoms with Crippen LogP contribution >= 0.6 is 0 Å². The van der Waals surface area contributed by atoms with E-state index < -0.39 is 12.0 Å². The Labute approximate surface area is 159 Å². The number of carboxylic acids is 1. The number of nitrogens with one attached hydrogen (secondary N) is 1. The lowest BCUT2D eigenvalue weighted by Gasteiger charge is -2.18. The van der Waals surface area contributed by atoms with Gasteiger partial charge in [-0.05, 0) is 54.7 Å². The monoisotopic (exact) mass is 371 g/mol. The molecule has 6 heteroatoms. The van der Waals surface area contributed by atoms with E-state index in [0.29, 0.717) is 23.5 Å². The summed E-state index contributed by atoms with van der Waals surface area (Å²) in [5, 5.41) is 12.2.